The van der Waals surface area contributed by atoms with Crippen molar-refractivity contribution in [3.8, 4) is 0 Å². The first-order valence-electron chi connectivity index (χ1n) is 9.17. The molecule has 0 unspecified atom stereocenters. The van der Waals surface area contributed by atoms with Gasteiger partial charge in [0.1, 0.15) is 11.7 Å². The zero-order valence-electron chi connectivity index (χ0n) is 15.9. The number of hydrogen-bond donors (Lipinski definition) is 1. The summed E-state index contributed by atoms with van der Waals surface area (Å²) in [5.74, 6) is 1.71. The van der Waals surface area contributed by atoms with E-state index in [0.717, 1.165) is 35.1 Å². The van der Waals surface area contributed by atoms with Gasteiger partial charge in [0.25, 0.3) is 0 Å². The highest BCUT2D eigenvalue weighted by atomic mass is 15.3. The van der Waals surface area contributed by atoms with Crippen LogP contribution in [0.25, 0.3) is 0 Å². The van der Waals surface area contributed by atoms with Crippen LogP contribution in [0, 0.1) is 6.92 Å². The van der Waals surface area contributed by atoms with Crippen molar-refractivity contribution in [1.82, 2.24) is 5.32 Å². The fourth-order valence-electron chi connectivity index (χ4n) is 2.96. The van der Waals surface area contributed by atoms with E-state index in [1.165, 1.54) is 5.56 Å². The van der Waals surface area contributed by atoms with Crippen molar-refractivity contribution in [2.45, 2.75) is 13.8 Å². The van der Waals surface area contributed by atoms with Crippen LogP contribution in [0.3, 0.4) is 0 Å². The number of aliphatic imine (C=N–C) groups is 1. The standard InChI is InChI=1S/C17H17N3.C7H8/c1-3-18-17-15-11-7-8-12-16(15)20(13(2)19-17)14-9-5-4-6-10-14;1-7-5-3-2-4-6-7/h4-12H,2-3H2,1H3,(H,18,19);2-6H,1H3. The smallest absolute Gasteiger partial charge is 0.135 e. The number of rotatable bonds is 2. The Kier molecular flexibility index (Phi) is 6.06. The molecule has 27 heavy (non-hydrogen) atoms. The summed E-state index contributed by atoms with van der Waals surface area (Å²) < 4.78 is 0. The first-order chi connectivity index (χ1) is 13.2. The lowest BCUT2D eigenvalue weighted by Gasteiger charge is -2.34. The Morgan fingerprint density at radius 1 is 0.852 bits per heavy atom. The predicted octanol–water partition coefficient (Wildman–Crippen LogP) is 5.66. The van der Waals surface area contributed by atoms with Crippen molar-refractivity contribution in [1.29, 1.82) is 0 Å². The molecule has 0 atom stereocenters. The van der Waals surface area contributed by atoms with E-state index in [9.17, 15) is 0 Å². The van der Waals surface area contributed by atoms with Gasteiger partial charge in [-0.1, -0.05) is 72.8 Å². The van der Waals surface area contributed by atoms with Crippen molar-refractivity contribution >= 4 is 17.2 Å². The molecule has 0 fully saturated rings. The Morgan fingerprint density at radius 3 is 2.04 bits per heavy atom. The zero-order valence-corrected chi connectivity index (χ0v) is 15.9. The Labute approximate surface area is 161 Å². The van der Waals surface area contributed by atoms with Crippen molar-refractivity contribution < 1.29 is 0 Å². The van der Waals surface area contributed by atoms with E-state index in [4.69, 9.17) is 0 Å². The minimum Gasteiger partial charge on any atom is -0.326 e. The Morgan fingerprint density at radius 2 is 1.44 bits per heavy atom. The van der Waals surface area contributed by atoms with E-state index < -0.39 is 0 Å². The third-order valence-electron chi connectivity index (χ3n) is 4.20. The van der Waals surface area contributed by atoms with Gasteiger partial charge in [-0.25, -0.2) is 0 Å². The average molecular weight is 355 g/mol. The van der Waals surface area contributed by atoms with Crippen LogP contribution >= 0.6 is 0 Å². The lowest BCUT2D eigenvalue weighted by molar-refractivity contribution is 0.974. The minimum absolute atomic E-state index is 0.745. The third-order valence-corrected chi connectivity index (χ3v) is 4.20. The normalized spacial score (nSPS) is 14.1. The van der Waals surface area contributed by atoms with Crippen LogP contribution in [-0.4, -0.2) is 12.4 Å². The van der Waals surface area contributed by atoms with E-state index >= 15 is 0 Å². The highest BCUT2D eigenvalue weighted by molar-refractivity contribution is 6.08. The molecular formula is C24H25N3. The maximum Gasteiger partial charge on any atom is 0.135 e. The molecule has 3 aromatic carbocycles. The van der Waals surface area contributed by atoms with E-state index in [1.54, 1.807) is 0 Å². The molecule has 0 amide bonds. The summed E-state index contributed by atoms with van der Waals surface area (Å²) in [4.78, 5) is 6.64. The molecule has 0 saturated carbocycles. The quantitative estimate of drug-likeness (QED) is 0.642. The molecule has 0 bridgehead atoms. The number of benzene rings is 3. The number of hydrogen-bond acceptors (Lipinski definition) is 2. The Bertz CT molecular complexity index is 915. The second kappa shape index (κ2) is 8.86. The van der Waals surface area contributed by atoms with Gasteiger partial charge >= 0.3 is 0 Å². The maximum atomic E-state index is 4.52. The molecule has 0 aliphatic carbocycles. The number of amidine groups is 1. The predicted molar refractivity (Wildman–Crippen MR) is 116 cm³/mol. The van der Waals surface area contributed by atoms with Crippen molar-refractivity contribution in [2.24, 2.45) is 4.99 Å². The molecule has 1 heterocycles. The molecule has 136 valence electrons. The fraction of sp³-hybridized carbons (Fsp3) is 0.125. The number of para-hydroxylation sites is 2. The van der Waals surface area contributed by atoms with Crippen molar-refractivity contribution in [2.75, 3.05) is 11.4 Å². The van der Waals surface area contributed by atoms with E-state index in [2.05, 4.69) is 65.1 Å². The number of nitrogens with zero attached hydrogens (tertiary/aromatic N) is 2. The van der Waals surface area contributed by atoms with Gasteiger partial charge in [0, 0.05) is 17.8 Å². The molecule has 4 rings (SSSR count). The van der Waals surface area contributed by atoms with Crippen LogP contribution in [0.4, 0.5) is 11.4 Å². The van der Waals surface area contributed by atoms with Crippen LogP contribution in [-0.2, 0) is 0 Å². The molecule has 1 aliphatic rings. The van der Waals surface area contributed by atoms with Gasteiger partial charge in [-0.05, 0) is 38.1 Å². The molecule has 1 N–H and O–H groups in total. The van der Waals surface area contributed by atoms with Crippen LogP contribution < -0.4 is 10.2 Å². The van der Waals surface area contributed by atoms with Crippen molar-refractivity contribution in [3.05, 3.63) is 108 Å². The molecule has 3 aromatic rings. The van der Waals surface area contributed by atoms with Gasteiger partial charge in [0.2, 0.25) is 0 Å². The number of aryl methyl sites for hydroxylation is 1. The summed E-state index contributed by atoms with van der Waals surface area (Å²) in [6, 6.07) is 28.7. The van der Waals surface area contributed by atoms with Gasteiger partial charge < -0.3 is 5.32 Å². The summed E-state index contributed by atoms with van der Waals surface area (Å²) in [5, 5.41) is 3.30. The first-order valence-corrected chi connectivity index (χ1v) is 9.17. The summed E-state index contributed by atoms with van der Waals surface area (Å²) >= 11 is 0. The molecular weight excluding hydrogens is 330 g/mol. The van der Waals surface area contributed by atoms with Gasteiger partial charge in [-0.2, -0.15) is 0 Å². The minimum atomic E-state index is 0.745. The second-order valence-electron chi connectivity index (χ2n) is 6.24. The monoisotopic (exact) mass is 355 g/mol. The van der Waals surface area contributed by atoms with Crippen LogP contribution in [0.2, 0.25) is 0 Å². The number of nitrogens with one attached hydrogen (secondary N) is 1. The highest BCUT2D eigenvalue weighted by Crippen LogP contribution is 2.34. The Hall–Kier alpha value is -3.33. The topological polar surface area (TPSA) is 27.6 Å². The molecule has 0 aromatic heterocycles. The van der Waals surface area contributed by atoms with Crippen LogP contribution in [0.1, 0.15) is 18.1 Å². The van der Waals surface area contributed by atoms with Gasteiger partial charge in [-0.15, -0.1) is 0 Å². The fourth-order valence-corrected chi connectivity index (χ4v) is 2.96. The van der Waals surface area contributed by atoms with E-state index in [-0.39, 0.29) is 0 Å². The van der Waals surface area contributed by atoms with Crippen LogP contribution in [0.5, 0.6) is 0 Å². The van der Waals surface area contributed by atoms with Crippen molar-refractivity contribution in [3.63, 3.8) is 0 Å². The molecule has 3 heteroatoms. The second-order valence-corrected chi connectivity index (χ2v) is 6.24. The maximum absolute atomic E-state index is 4.52. The summed E-state index contributed by atoms with van der Waals surface area (Å²) in [6.07, 6.45) is 0. The lowest BCUT2D eigenvalue weighted by Crippen LogP contribution is -2.38. The SMILES string of the molecule is C=C1NC(=NCC)c2ccccc2N1c1ccccc1.Cc1ccccc1. The average Bonchev–Trinajstić information content (AvgIpc) is 2.70. The highest BCUT2D eigenvalue weighted by Gasteiger charge is 2.24. The van der Waals surface area contributed by atoms with E-state index in [0.29, 0.717) is 0 Å². The number of fused-ring (bicyclic) bond motifs is 1. The summed E-state index contributed by atoms with van der Waals surface area (Å²) in [6.45, 7) is 9.00. The lowest BCUT2D eigenvalue weighted by atomic mass is 10.1. The number of anilines is 2. The van der Waals surface area contributed by atoms with E-state index in [1.807, 2.05) is 55.5 Å². The van der Waals surface area contributed by atoms with Gasteiger partial charge in [0.15, 0.2) is 0 Å². The largest absolute Gasteiger partial charge is 0.326 e. The third kappa shape index (κ3) is 4.45. The molecule has 0 saturated heterocycles. The van der Waals surface area contributed by atoms with Crippen LogP contribution in [0.15, 0.2) is 102 Å². The summed E-state index contributed by atoms with van der Waals surface area (Å²) in [7, 11) is 0. The van der Waals surface area contributed by atoms with Gasteiger partial charge in [-0.3, -0.25) is 9.89 Å². The Balaban J connectivity index is 0.000000253. The van der Waals surface area contributed by atoms with Gasteiger partial charge in [0.05, 0.1) is 5.69 Å². The molecule has 1 aliphatic heterocycles. The first kappa shape index (κ1) is 18.5. The zero-order chi connectivity index (χ0) is 19.1. The molecule has 0 radical (unpaired) electrons. The summed E-state index contributed by atoms with van der Waals surface area (Å²) in [5.41, 5.74) is 4.62. The molecule has 0 spiro atoms. The molecule has 3 nitrogen and oxygen atoms in total.